The van der Waals surface area contributed by atoms with Gasteiger partial charge in [0.05, 0.1) is 17.9 Å². The molecule has 1 aliphatic carbocycles. The highest BCUT2D eigenvalue weighted by molar-refractivity contribution is 7.88. The predicted octanol–water partition coefficient (Wildman–Crippen LogP) is 1.52. The Morgan fingerprint density at radius 3 is 2.71 bits per heavy atom. The molecule has 1 aliphatic rings. The molecule has 0 atom stereocenters. The molecule has 21 heavy (non-hydrogen) atoms. The minimum atomic E-state index is -3.43. The summed E-state index contributed by atoms with van der Waals surface area (Å²) in [7, 11) is -3.43. The number of rotatable bonds is 6. The molecule has 1 saturated carbocycles. The number of aromatic nitrogens is 1. The summed E-state index contributed by atoms with van der Waals surface area (Å²) in [5, 5.41) is 10.0. The molecular formula is C15H18N2O3S. The monoisotopic (exact) mass is 306 g/mol. The molecule has 1 fully saturated rings. The van der Waals surface area contributed by atoms with Gasteiger partial charge in [-0.25, -0.2) is 8.42 Å². The maximum absolute atomic E-state index is 12.6. The number of sulfonamides is 1. The van der Waals surface area contributed by atoms with Crippen molar-refractivity contribution in [2.24, 2.45) is 0 Å². The molecule has 1 heterocycles. The van der Waals surface area contributed by atoms with Crippen molar-refractivity contribution in [3.05, 3.63) is 42.1 Å². The summed E-state index contributed by atoms with van der Waals surface area (Å²) in [6.45, 7) is 0.0225. The van der Waals surface area contributed by atoms with E-state index in [0.717, 1.165) is 23.7 Å². The molecule has 2 aromatic rings. The van der Waals surface area contributed by atoms with Crippen molar-refractivity contribution >= 4 is 20.9 Å². The van der Waals surface area contributed by atoms with Crippen LogP contribution in [0.15, 0.2) is 36.5 Å². The molecule has 1 aromatic heterocycles. The Kier molecular flexibility index (Phi) is 3.93. The highest BCUT2D eigenvalue weighted by Crippen LogP contribution is 2.30. The minimum Gasteiger partial charge on any atom is -0.395 e. The number of pyridine rings is 1. The fourth-order valence-corrected chi connectivity index (χ4v) is 4.39. The van der Waals surface area contributed by atoms with Crippen LogP contribution >= 0.6 is 0 Å². The molecule has 0 saturated heterocycles. The maximum atomic E-state index is 12.6. The van der Waals surface area contributed by atoms with Crippen molar-refractivity contribution in [2.75, 3.05) is 13.2 Å². The van der Waals surface area contributed by atoms with E-state index >= 15 is 0 Å². The molecule has 5 nitrogen and oxygen atoms in total. The van der Waals surface area contributed by atoms with Crippen LogP contribution in [-0.4, -0.2) is 42.0 Å². The first-order valence-corrected chi connectivity index (χ1v) is 8.66. The van der Waals surface area contributed by atoms with Crippen molar-refractivity contribution in [2.45, 2.75) is 24.6 Å². The number of aliphatic hydroxyl groups is 1. The third-order valence-corrected chi connectivity index (χ3v) is 5.56. The Labute approximate surface area is 124 Å². The van der Waals surface area contributed by atoms with E-state index in [1.54, 1.807) is 12.3 Å². The van der Waals surface area contributed by atoms with Crippen LogP contribution in [0.4, 0.5) is 0 Å². The van der Waals surface area contributed by atoms with Gasteiger partial charge in [0.15, 0.2) is 0 Å². The summed E-state index contributed by atoms with van der Waals surface area (Å²) in [4.78, 5) is 4.30. The van der Waals surface area contributed by atoms with Crippen molar-refractivity contribution in [1.82, 2.24) is 9.29 Å². The normalized spacial score (nSPS) is 15.7. The summed E-state index contributed by atoms with van der Waals surface area (Å²) in [5.74, 6) is -0.0716. The summed E-state index contributed by atoms with van der Waals surface area (Å²) in [6.07, 6.45) is 3.44. The lowest BCUT2D eigenvalue weighted by molar-refractivity contribution is 0.250. The van der Waals surface area contributed by atoms with Crippen LogP contribution in [0, 0.1) is 0 Å². The van der Waals surface area contributed by atoms with Crippen molar-refractivity contribution in [3.8, 4) is 0 Å². The number of hydrogen-bond donors (Lipinski definition) is 1. The van der Waals surface area contributed by atoms with E-state index in [9.17, 15) is 8.42 Å². The first-order valence-electron chi connectivity index (χ1n) is 7.05. The van der Waals surface area contributed by atoms with Gasteiger partial charge in [-0.15, -0.1) is 0 Å². The average molecular weight is 306 g/mol. The van der Waals surface area contributed by atoms with E-state index in [1.807, 2.05) is 24.3 Å². The van der Waals surface area contributed by atoms with E-state index in [-0.39, 0.29) is 24.9 Å². The van der Waals surface area contributed by atoms with Gasteiger partial charge in [0.1, 0.15) is 0 Å². The topological polar surface area (TPSA) is 70.5 Å². The zero-order valence-electron chi connectivity index (χ0n) is 11.6. The Bertz CT molecular complexity index is 736. The first kappa shape index (κ1) is 14.4. The minimum absolute atomic E-state index is 0.0603. The number of aliphatic hydroxyl groups excluding tert-OH is 1. The molecule has 1 aromatic carbocycles. The van der Waals surface area contributed by atoms with Gasteiger partial charge >= 0.3 is 0 Å². The molecule has 112 valence electrons. The van der Waals surface area contributed by atoms with Gasteiger partial charge in [-0.3, -0.25) is 4.98 Å². The molecule has 3 rings (SSSR count). The van der Waals surface area contributed by atoms with Crippen LogP contribution in [0.2, 0.25) is 0 Å². The second-order valence-corrected chi connectivity index (χ2v) is 7.24. The lowest BCUT2D eigenvalue weighted by atomic mass is 10.1. The lowest BCUT2D eigenvalue weighted by Gasteiger charge is -2.21. The van der Waals surface area contributed by atoms with Gasteiger partial charge in [0.2, 0.25) is 10.0 Å². The van der Waals surface area contributed by atoms with Crippen LogP contribution in [0.25, 0.3) is 10.9 Å². The average Bonchev–Trinajstić information content (AvgIpc) is 3.29. The second-order valence-electron chi connectivity index (χ2n) is 5.31. The number of nitrogens with zero attached hydrogens (tertiary/aromatic N) is 2. The molecule has 0 amide bonds. The van der Waals surface area contributed by atoms with Crippen LogP contribution < -0.4 is 0 Å². The van der Waals surface area contributed by atoms with E-state index in [4.69, 9.17) is 5.11 Å². The highest BCUT2D eigenvalue weighted by atomic mass is 32.2. The predicted molar refractivity (Wildman–Crippen MR) is 81.2 cm³/mol. The molecular weight excluding hydrogens is 288 g/mol. The maximum Gasteiger partial charge on any atom is 0.218 e. The van der Waals surface area contributed by atoms with Gasteiger partial charge in [0, 0.05) is 24.2 Å². The Morgan fingerprint density at radius 2 is 2.00 bits per heavy atom. The smallest absolute Gasteiger partial charge is 0.218 e. The molecule has 0 unspecified atom stereocenters. The Hall–Kier alpha value is -1.50. The first-order chi connectivity index (χ1) is 10.1. The third-order valence-electron chi connectivity index (χ3n) is 3.69. The van der Waals surface area contributed by atoms with Crippen molar-refractivity contribution < 1.29 is 13.5 Å². The molecule has 0 spiro atoms. The van der Waals surface area contributed by atoms with Crippen molar-refractivity contribution in [3.63, 3.8) is 0 Å². The second kappa shape index (κ2) is 5.71. The summed E-state index contributed by atoms with van der Waals surface area (Å²) in [6, 6.07) is 9.39. The van der Waals surface area contributed by atoms with Gasteiger partial charge in [-0.05, 0) is 24.5 Å². The van der Waals surface area contributed by atoms with E-state index in [2.05, 4.69) is 4.98 Å². The van der Waals surface area contributed by atoms with Crippen LogP contribution in [0.1, 0.15) is 18.4 Å². The van der Waals surface area contributed by atoms with Gasteiger partial charge < -0.3 is 5.11 Å². The van der Waals surface area contributed by atoms with E-state index in [1.165, 1.54) is 4.31 Å². The quantitative estimate of drug-likeness (QED) is 0.878. The fraction of sp³-hybridized carbons (Fsp3) is 0.400. The van der Waals surface area contributed by atoms with Crippen LogP contribution in [-0.2, 0) is 15.8 Å². The fourth-order valence-electron chi connectivity index (χ4n) is 2.57. The number of hydrogen-bond acceptors (Lipinski definition) is 4. The number of fused-ring (bicyclic) bond motifs is 1. The SMILES string of the molecule is O=S(=O)(Cc1cccc2cccnc12)N(CCO)C1CC1. The molecule has 0 radical (unpaired) electrons. The van der Waals surface area contributed by atoms with Crippen molar-refractivity contribution in [1.29, 1.82) is 0 Å². The zero-order chi connectivity index (χ0) is 14.9. The third kappa shape index (κ3) is 3.07. The van der Waals surface area contributed by atoms with Gasteiger partial charge in [0.25, 0.3) is 0 Å². The lowest BCUT2D eigenvalue weighted by Crippen LogP contribution is -2.36. The van der Waals surface area contributed by atoms with Crippen LogP contribution in [0.5, 0.6) is 0 Å². The molecule has 6 heteroatoms. The molecule has 0 aliphatic heterocycles. The summed E-state index contributed by atoms with van der Waals surface area (Å²) >= 11 is 0. The highest BCUT2D eigenvalue weighted by Gasteiger charge is 2.36. The largest absolute Gasteiger partial charge is 0.395 e. The van der Waals surface area contributed by atoms with Gasteiger partial charge in [-0.1, -0.05) is 24.3 Å². The van der Waals surface area contributed by atoms with E-state index in [0.29, 0.717) is 5.56 Å². The number of para-hydroxylation sites is 1. The summed E-state index contributed by atoms with van der Waals surface area (Å²) in [5.41, 5.74) is 1.43. The number of benzene rings is 1. The standard InChI is InChI=1S/C15H18N2O3S/c18-10-9-17(14-6-7-14)21(19,20)11-13-4-1-3-12-5-2-8-16-15(12)13/h1-5,8,14,18H,6-7,9-11H2. The van der Waals surface area contributed by atoms with Gasteiger partial charge in [-0.2, -0.15) is 4.31 Å². The Morgan fingerprint density at radius 1 is 1.24 bits per heavy atom. The Balaban J connectivity index is 1.93. The summed E-state index contributed by atoms with van der Waals surface area (Å²) < 4.78 is 26.6. The van der Waals surface area contributed by atoms with Crippen LogP contribution in [0.3, 0.4) is 0 Å². The zero-order valence-corrected chi connectivity index (χ0v) is 12.5. The molecule has 1 N–H and O–H groups in total. The molecule has 0 bridgehead atoms. The van der Waals surface area contributed by atoms with E-state index < -0.39 is 10.0 Å².